The van der Waals surface area contributed by atoms with Crippen LogP contribution in [0, 0.1) is 11.8 Å². The molecule has 8 rings (SSSR count). The first-order valence-corrected chi connectivity index (χ1v) is 34.8. The minimum atomic E-state index is -1.93. The van der Waals surface area contributed by atoms with E-state index < -0.39 is 181 Å². The molecule has 0 aliphatic carbocycles. The van der Waals surface area contributed by atoms with Crippen molar-refractivity contribution in [2.24, 2.45) is 23.3 Å². The zero-order valence-corrected chi connectivity index (χ0v) is 58.3. The highest BCUT2D eigenvalue weighted by atomic mass is 16.6. The van der Waals surface area contributed by atoms with Gasteiger partial charge in [0.2, 0.25) is 65.0 Å². The van der Waals surface area contributed by atoms with Crippen molar-refractivity contribution in [2.75, 3.05) is 13.1 Å². The molecule has 3 fully saturated rings. The molecular formula is C72H95N15O17. The van der Waals surface area contributed by atoms with Gasteiger partial charge in [-0.25, -0.2) is 4.68 Å². The normalized spacial score (nSPS) is 27.1. The van der Waals surface area contributed by atoms with E-state index in [1.165, 1.54) is 35.4 Å². The third-order valence-corrected chi connectivity index (χ3v) is 18.2. The molecule has 104 heavy (non-hydrogen) atoms. The number of carbonyl (C=O) groups excluding carboxylic acids is 11. The highest BCUT2D eigenvalue weighted by molar-refractivity contribution is 6.00. The predicted molar refractivity (Wildman–Crippen MR) is 373 cm³/mol. The number of phenolic OH excluding ortho intramolecular Hbond substituents is 1. The van der Waals surface area contributed by atoms with Crippen LogP contribution in [0.2, 0.25) is 0 Å². The fourth-order valence-electron chi connectivity index (χ4n) is 12.6. The first-order valence-electron chi connectivity index (χ1n) is 34.8. The third-order valence-electron chi connectivity index (χ3n) is 18.2. The number of primary amides is 1. The van der Waals surface area contributed by atoms with Crippen molar-refractivity contribution in [3.63, 3.8) is 0 Å². The lowest BCUT2D eigenvalue weighted by Gasteiger charge is -2.38. The highest BCUT2D eigenvalue weighted by Crippen LogP contribution is 2.24. The Morgan fingerprint density at radius 3 is 1.49 bits per heavy atom. The van der Waals surface area contributed by atoms with Gasteiger partial charge in [0.15, 0.2) is 6.29 Å². The number of amides is 11. The number of aliphatic hydroxyl groups excluding tert-OH is 4. The van der Waals surface area contributed by atoms with E-state index in [0.29, 0.717) is 28.7 Å². The number of phenols is 1. The SMILES string of the molecule is CC(C)C[C@@H]1NC(=O)[C@H](CCCN)NC(=O)[C@H](C(C)C)NC(=O)[C@H](Cc2ccc(O)cc2)NC(=O)[C@H](Cc2cn(C[C@H]3OC(O)[C@H](O)[C@@H](O)[C@@H]3O)nn2)NC(=O)[C@H](CC(N)=O)NC(=O)[C@@H](Cc2ccccc2)NC(=O)[C@H](Cc2ccccc2)NC(=O)[C@@H]2CCCN2C(=O)[C@@H](Cc2ccccc2)NC1=O. The fourth-order valence-corrected chi connectivity index (χ4v) is 12.6. The van der Waals surface area contributed by atoms with Crippen LogP contribution >= 0.6 is 0 Å². The van der Waals surface area contributed by atoms with E-state index in [4.69, 9.17) is 16.2 Å². The summed E-state index contributed by atoms with van der Waals surface area (Å²) in [5.41, 5.74) is 13.7. The Labute approximate surface area is 600 Å². The second-order valence-corrected chi connectivity index (χ2v) is 27.3. The molecule has 11 amide bonds. The van der Waals surface area contributed by atoms with Crippen LogP contribution in [0.25, 0.3) is 0 Å². The van der Waals surface area contributed by atoms with Crippen LogP contribution in [0.5, 0.6) is 5.75 Å². The topological polar surface area (TPSA) is 492 Å². The number of aromatic hydroxyl groups is 1. The number of nitrogens with two attached hydrogens (primary N) is 2. The number of nitrogens with zero attached hydrogens (tertiary/aromatic N) is 4. The summed E-state index contributed by atoms with van der Waals surface area (Å²) in [6, 6.07) is 16.1. The summed E-state index contributed by atoms with van der Waals surface area (Å²) in [6.45, 7) is 6.54. The van der Waals surface area contributed by atoms with Gasteiger partial charge in [-0.05, 0) is 84.9 Å². The van der Waals surface area contributed by atoms with Crippen molar-refractivity contribution < 1.29 is 83.0 Å². The summed E-state index contributed by atoms with van der Waals surface area (Å²) in [4.78, 5) is 164. The Kier molecular flexibility index (Phi) is 28.9. The summed E-state index contributed by atoms with van der Waals surface area (Å²) < 4.78 is 6.43. The van der Waals surface area contributed by atoms with Gasteiger partial charge < -0.3 is 94.5 Å². The summed E-state index contributed by atoms with van der Waals surface area (Å²) in [6.07, 6.45) is -9.23. The maximum Gasteiger partial charge on any atom is 0.246 e. The lowest BCUT2D eigenvalue weighted by atomic mass is 9.98. The lowest BCUT2D eigenvalue weighted by molar-refractivity contribution is -0.284. The second-order valence-electron chi connectivity index (χ2n) is 27.3. The van der Waals surface area contributed by atoms with E-state index in [-0.39, 0.29) is 81.8 Å². The van der Waals surface area contributed by atoms with Gasteiger partial charge in [-0.1, -0.05) is 136 Å². The number of hydrogen-bond acceptors (Lipinski definition) is 20. The Balaban J connectivity index is 1.22. The number of hydrogen-bond donors (Lipinski definition) is 16. The first kappa shape index (κ1) is 79.5. The van der Waals surface area contributed by atoms with Gasteiger partial charge in [-0.3, -0.25) is 52.7 Å². The molecule has 3 aliphatic heterocycles. The molecule has 15 atom stereocenters. The smallest absolute Gasteiger partial charge is 0.246 e. The van der Waals surface area contributed by atoms with Gasteiger partial charge in [-0.15, -0.1) is 5.10 Å². The standard InChI is InChI=1S/C72H95N15O17/c1-39(2)30-48-63(94)82-54(34-43-20-12-7-13-21-43)71(102)87-29-15-23-55(87)69(100)81-50(32-42-18-10-6-11-19-42)65(96)77-49(31-41-16-8-5-9-17-41)64(95)80-53(36-57(74)89)67(98)79-52(35-45-37-86(85-84-45)38-56-59(90)60(91)61(92)72(103)104-56)66(97)78-51(33-44-24-26-46(88)27-25-44)68(99)83-58(40(3)4)70(101)75-47(22-14-28-73)62(93)76-48/h5-13,16-21,24-27,37,39-40,47-56,58-61,72,88,90-92,103H,14-15,22-23,28-36,38,73H2,1-4H3,(H2,74,89)(H,75,101)(H,76,93)(H,77,96)(H,78,97)(H,79,98)(H,80,95)(H,81,100)(H,82,94)(H,83,99)/t47-,48-,49+,50-,51-,52-,53-,54+,55-,56+,58-,59+,60-,61+,72?/m0/s1. The number of ether oxygens (including phenoxy) is 1. The van der Waals surface area contributed by atoms with Crippen molar-refractivity contribution >= 4 is 65.0 Å². The van der Waals surface area contributed by atoms with Crippen LogP contribution in [0.3, 0.4) is 0 Å². The zero-order chi connectivity index (χ0) is 75.3. The van der Waals surface area contributed by atoms with Crippen molar-refractivity contribution in [1.82, 2.24) is 67.7 Å². The van der Waals surface area contributed by atoms with Crippen LogP contribution in [-0.2, 0) is 96.1 Å². The number of rotatable bonds is 20. The number of benzene rings is 4. The fraction of sp³-hybridized carbons (Fsp3) is 0.486. The van der Waals surface area contributed by atoms with Crippen LogP contribution in [0.4, 0.5) is 0 Å². The van der Waals surface area contributed by atoms with Crippen molar-refractivity contribution in [3.8, 4) is 5.75 Å². The van der Waals surface area contributed by atoms with E-state index in [0.717, 1.165) is 4.68 Å². The minimum absolute atomic E-state index is 0.0388. The molecule has 0 saturated carbocycles. The van der Waals surface area contributed by atoms with Crippen LogP contribution in [-0.4, -0.2) is 215 Å². The third kappa shape index (κ3) is 22.6. The number of aromatic nitrogens is 3. The van der Waals surface area contributed by atoms with Gasteiger partial charge in [0.05, 0.1) is 18.7 Å². The van der Waals surface area contributed by atoms with Crippen molar-refractivity contribution in [2.45, 2.75) is 196 Å². The predicted octanol–water partition coefficient (Wildman–Crippen LogP) is -3.02. The highest BCUT2D eigenvalue weighted by Gasteiger charge is 2.45. The number of carbonyl (C=O) groups is 11. The maximum absolute atomic E-state index is 15.2. The molecule has 3 saturated heterocycles. The van der Waals surface area contributed by atoms with Crippen LogP contribution in [0.1, 0.15) is 94.2 Å². The van der Waals surface area contributed by atoms with Gasteiger partial charge >= 0.3 is 0 Å². The quantitative estimate of drug-likeness (QED) is 0.0369. The molecule has 1 unspecified atom stereocenters. The first-order chi connectivity index (χ1) is 49.6. The molecule has 3 aliphatic rings. The van der Waals surface area contributed by atoms with Crippen LogP contribution in [0.15, 0.2) is 121 Å². The van der Waals surface area contributed by atoms with Gasteiger partial charge in [-0.2, -0.15) is 0 Å². The van der Waals surface area contributed by atoms with E-state index in [1.807, 2.05) is 13.8 Å². The van der Waals surface area contributed by atoms with Gasteiger partial charge in [0.1, 0.15) is 90.6 Å². The molecule has 0 bridgehead atoms. The average Bonchev–Trinajstić information content (AvgIpc) is 1.55. The molecule has 32 heteroatoms. The molecule has 1 aromatic heterocycles. The number of aliphatic hydroxyl groups is 4. The molecule has 560 valence electrons. The molecule has 5 aromatic rings. The van der Waals surface area contributed by atoms with E-state index in [2.05, 4.69) is 58.2 Å². The Hall–Kier alpha value is -10.3. The Morgan fingerprint density at radius 2 is 0.971 bits per heavy atom. The minimum Gasteiger partial charge on any atom is -0.508 e. The summed E-state index contributed by atoms with van der Waals surface area (Å²) >= 11 is 0. The van der Waals surface area contributed by atoms with Crippen LogP contribution < -0.4 is 59.3 Å². The molecule has 32 nitrogen and oxygen atoms in total. The van der Waals surface area contributed by atoms with Crippen molar-refractivity contribution in [1.29, 1.82) is 0 Å². The molecule has 18 N–H and O–H groups in total. The van der Waals surface area contributed by atoms with Gasteiger partial charge in [0.25, 0.3) is 0 Å². The van der Waals surface area contributed by atoms with Crippen molar-refractivity contribution in [3.05, 3.63) is 149 Å². The van der Waals surface area contributed by atoms with E-state index in [9.17, 15) is 49.5 Å². The van der Waals surface area contributed by atoms with Gasteiger partial charge in [0, 0.05) is 44.8 Å². The summed E-state index contributed by atoms with van der Waals surface area (Å²) in [7, 11) is 0. The summed E-state index contributed by atoms with van der Waals surface area (Å²) in [5.74, 6) is -11.4. The Morgan fingerprint density at radius 1 is 0.529 bits per heavy atom. The largest absolute Gasteiger partial charge is 0.508 e. The monoisotopic (exact) mass is 1440 g/mol. The molecule has 0 spiro atoms. The second kappa shape index (κ2) is 37.8. The average molecular weight is 1440 g/mol. The van der Waals surface area contributed by atoms with E-state index in [1.54, 1.807) is 105 Å². The van der Waals surface area contributed by atoms with E-state index >= 15 is 28.8 Å². The molecule has 4 aromatic carbocycles. The number of fused-ring (bicyclic) bond motifs is 1. The maximum atomic E-state index is 15.2. The molecule has 4 heterocycles. The zero-order valence-electron chi connectivity index (χ0n) is 58.3. The summed E-state index contributed by atoms with van der Waals surface area (Å²) in [5, 5.41) is 84.4. The number of nitrogens with one attached hydrogen (secondary N) is 9. The Bertz CT molecular complexity index is 3760. The molecular weight excluding hydrogens is 1350 g/mol. The molecule has 0 radical (unpaired) electrons. The lowest BCUT2D eigenvalue weighted by Crippen LogP contribution is -2.62.